The lowest BCUT2D eigenvalue weighted by molar-refractivity contribution is -0.152. The van der Waals surface area contributed by atoms with Gasteiger partial charge in [-0.15, -0.1) is 0 Å². The zero-order chi connectivity index (χ0) is 21.5. The van der Waals surface area contributed by atoms with Crippen LogP contribution in [0.5, 0.6) is 0 Å². The molecule has 0 saturated heterocycles. The fourth-order valence-corrected chi connectivity index (χ4v) is 3.91. The van der Waals surface area contributed by atoms with Gasteiger partial charge in [-0.1, -0.05) is 69.8 Å². The van der Waals surface area contributed by atoms with Crippen molar-refractivity contribution in [3.05, 3.63) is 24.3 Å². The van der Waals surface area contributed by atoms with Crippen molar-refractivity contribution >= 4 is 11.9 Å². The number of aliphatic hydroxyl groups is 1. The second kappa shape index (κ2) is 15.3. The summed E-state index contributed by atoms with van der Waals surface area (Å²) in [6.45, 7) is 3.62. The highest BCUT2D eigenvalue weighted by atomic mass is 16.5. The van der Waals surface area contributed by atoms with E-state index >= 15 is 0 Å². The van der Waals surface area contributed by atoms with Crippen LogP contribution in [0, 0.1) is 11.8 Å². The highest BCUT2D eigenvalue weighted by molar-refractivity contribution is 5.67. The van der Waals surface area contributed by atoms with Gasteiger partial charge in [-0.05, 0) is 38.0 Å². The van der Waals surface area contributed by atoms with E-state index in [9.17, 15) is 14.7 Å². The Kier molecular flexibility index (Phi) is 13.4. The standard InChI is InChI=1S/C24H40O5/c1-3-4-5-6-7-8-13-21(26)14-10-9-12-20-17-18-22(20)23(29-19(2)25)15-11-16-24(27)28/h9-10,12,14,20-23,26H,3-8,11,13,15-18H2,1-2H3,(H,27,28)/b12-9+,14-10+/t20-,21?,22-,23?/m1/s1. The lowest BCUT2D eigenvalue weighted by Gasteiger charge is -2.39. The fraction of sp³-hybridized carbons (Fsp3) is 0.750. The van der Waals surface area contributed by atoms with E-state index < -0.39 is 12.1 Å². The lowest BCUT2D eigenvalue weighted by Crippen LogP contribution is -2.37. The minimum Gasteiger partial charge on any atom is -0.481 e. The summed E-state index contributed by atoms with van der Waals surface area (Å²) < 4.78 is 5.47. The largest absolute Gasteiger partial charge is 0.481 e. The molecule has 0 aromatic carbocycles. The molecular formula is C24H40O5. The Balaban J connectivity index is 2.35. The second-order valence-corrected chi connectivity index (χ2v) is 8.23. The molecule has 4 atom stereocenters. The Morgan fingerprint density at radius 2 is 1.76 bits per heavy atom. The number of carbonyl (C=O) groups excluding carboxylic acids is 1. The molecule has 0 aromatic heterocycles. The van der Waals surface area contributed by atoms with Gasteiger partial charge in [0.2, 0.25) is 0 Å². The van der Waals surface area contributed by atoms with Gasteiger partial charge in [0.05, 0.1) is 6.10 Å². The van der Waals surface area contributed by atoms with Crippen molar-refractivity contribution in [3.63, 3.8) is 0 Å². The number of hydrogen-bond acceptors (Lipinski definition) is 4. The molecule has 0 aliphatic heterocycles. The highest BCUT2D eigenvalue weighted by Gasteiger charge is 2.36. The number of rotatable bonds is 16. The number of carboxylic acid groups (broad SMARTS) is 1. The van der Waals surface area contributed by atoms with Crippen molar-refractivity contribution in [1.29, 1.82) is 0 Å². The van der Waals surface area contributed by atoms with E-state index in [1.807, 2.05) is 18.2 Å². The molecule has 1 rings (SSSR count). The monoisotopic (exact) mass is 408 g/mol. The van der Waals surface area contributed by atoms with Crippen LogP contribution in [-0.4, -0.2) is 34.4 Å². The third-order valence-electron chi connectivity index (χ3n) is 5.71. The van der Waals surface area contributed by atoms with Crippen LogP contribution < -0.4 is 0 Å². The number of aliphatic carboxylic acids is 1. The number of ether oxygens (including phenoxy) is 1. The molecule has 166 valence electrons. The third-order valence-corrected chi connectivity index (χ3v) is 5.71. The van der Waals surface area contributed by atoms with Crippen molar-refractivity contribution < 1.29 is 24.5 Å². The summed E-state index contributed by atoms with van der Waals surface area (Å²) in [6, 6.07) is 0. The van der Waals surface area contributed by atoms with Crippen LogP contribution in [0.2, 0.25) is 0 Å². The first-order valence-electron chi connectivity index (χ1n) is 11.4. The van der Waals surface area contributed by atoms with E-state index in [4.69, 9.17) is 9.84 Å². The molecule has 5 nitrogen and oxygen atoms in total. The van der Waals surface area contributed by atoms with Gasteiger partial charge < -0.3 is 14.9 Å². The summed E-state index contributed by atoms with van der Waals surface area (Å²) in [5.41, 5.74) is 0. The zero-order valence-corrected chi connectivity index (χ0v) is 18.2. The van der Waals surface area contributed by atoms with E-state index in [-0.39, 0.29) is 24.4 Å². The molecule has 29 heavy (non-hydrogen) atoms. The summed E-state index contributed by atoms with van der Waals surface area (Å²) in [6.07, 6.45) is 18.6. The number of esters is 1. The van der Waals surface area contributed by atoms with Gasteiger partial charge in [-0.3, -0.25) is 9.59 Å². The number of carbonyl (C=O) groups is 2. The number of allylic oxidation sites excluding steroid dienone is 3. The van der Waals surface area contributed by atoms with Crippen molar-refractivity contribution in [1.82, 2.24) is 0 Å². The zero-order valence-electron chi connectivity index (χ0n) is 18.2. The molecular weight excluding hydrogens is 368 g/mol. The number of hydrogen-bond donors (Lipinski definition) is 2. The van der Waals surface area contributed by atoms with Gasteiger partial charge in [0.15, 0.2) is 0 Å². The normalized spacial score (nSPS) is 21.2. The molecule has 1 fully saturated rings. The summed E-state index contributed by atoms with van der Waals surface area (Å²) in [5.74, 6) is -0.533. The second-order valence-electron chi connectivity index (χ2n) is 8.23. The van der Waals surface area contributed by atoms with Crippen molar-refractivity contribution in [2.24, 2.45) is 11.8 Å². The number of unbranched alkanes of at least 4 members (excludes halogenated alkanes) is 5. The van der Waals surface area contributed by atoms with Crippen molar-refractivity contribution in [2.75, 3.05) is 0 Å². The summed E-state index contributed by atoms with van der Waals surface area (Å²) in [4.78, 5) is 22.1. The Morgan fingerprint density at radius 3 is 2.38 bits per heavy atom. The van der Waals surface area contributed by atoms with E-state index in [1.54, 1.807) is 0 Å². The third kappa shape index (κ3) is 11.8. The molecule has 0 heterocycles. The minimum absolute atomic E-state index is 0.101. The van der Waals surface area contributed by atoms with E-state index in [0.717, 1.165) is 25.7 Å². The first kappa shape index (κ1) is 25.4. The molecule has 2 unspecified atom stereocenters. The van der Waals surface area contributed by atoms with Gasteiger partial charge in [-0.2, -0.15) is 0 Å². The topological polar surface area (TPSA) is 83.8 Å². The summed E-state index contributed by atoms with van der Waals surface area (Å²) in [5, 5.41) is 18.9. The molecule has 1 saturated carbocycles. The molecule has 0 bridgehead atoms. The molecule has 0 spiro atoms. The first-order chi connectivity index (χ1) is 13.9. The summed E-state index contributed by atoms with van der Waals surface area (Å²) in [7, 11) is 0. The predicted molar refractivity (Wildman–Crippen MR) is 116 cm³/mol. The quantitative estimate of drug-likeness (QED) is 0.202. The fourth-order valence-electron chi connectivity index (χ4n) is 3.91. The van der Waals surface area contributed by atoms with Gasteiger partial charge >= 0.3 is 11.9 Å². The van der Waals surface area contributed by atoms with Crippen molar-refractivity contribution in [2.45, 2.75) is 103 Å². The van der Waals surface area contributed by atoms with Crippen LogP contribution in [-0.2, 0) is 14.3 Å². The number of aliphatic hydroxyl groups excluding tert-OH is 1. The molecule has 0 amide bonds. The van der Waals surface area contributed by atoms with Gasteiger partial charge in [0, 0.05) is 19.3 Å². The minimum atomic E-state index is -0.818. The van der Waals surface area contributed by atoms with Crippen LogP contribution in [0.25, 0.3) is 0 Å². The van der Waals surface area contributed by atoms with Crippen LogP contribution in [0.1, 0.15) is 90.9 Å². The van der Waals surface area contributed by atoms with Crippen LogP contribution >= 0.6 is 0 Å². The average Bonchev–Trinajstić information content (AvgIpc) is 2.62. The number of carboxylic acids is 1. The van der Waals surface area contributed by atoms with Gasteiger partial charge in [0.25, 0.3) is 0 Å². The maximum Gasteiger partial charge on any atom is 0.303 e. The van der Waals surface area contributed by atoms with Crippen molar-refractivity contribution in [3.8, 4) is 0 Å². The van der Waals surface area contributed by atoms with E-state index in [2.05, 4.69) is 13.0 Å². The molecule has 2 N–H and O–H groups in total. The molecule has 5 heteroatoms. The Hall–Kier alpha value is -1.62. The van der Waals surface area contributed by atoms with E-state index in [1.165, 1.54) is 39.0 Å². The SMILES string of the molecule is CCCCCCCCC(O)/C=C/C=C/[C@@H]1CC[C@H]1C(CCCC(=O)O)OC(C)=O. The van der Waals surface area contributed by atoms with Crippen LogP contribution in [0.4, 0.5) is 0 Å². The summed E-state index contributed by atoms with van der Waals surface area (Å²) >= 11 is 0. The predicted octanol–water partition coefficient (Wildman–Crippen LogP) is 5.42. The molecule has 1 aliphatic carbocycles. The lowest BCUT2D eigenvalue weighted by atomic mass is 9.69. The Morgan fingerprint density at radius 1 is 1.03 bits per heavy atom. The maximum absolute atomic E-state index is 11.4. The molecule has 1 aliphatic rings. The Bertz CT molecular complexity index is 525. The van der Waals surface area contributed by atoms with Crippen LogP contribution in [0.15, 0.2) is 24.3 Å². The highest BCUT2D eigenvalue weighted by Crippen LogP contribution is 2.40. The first-order valence-corrected chi connectivity index (χ1v) is 11.4. The van der Waals surface area contributed by atoms with Crippen LogP contribution in [0.3, 0.4) is 0 Å². The Labute approximate surface area is 176 Å². The van der Waals surface area contributed by atoms with Gasteiger partial charge in [0.1, 0.15) is 6.10 Å². The smallest absolute Gasteiger partial charge is 0.303 e. The average molecular weight is 409 g/mol. The molecule has 0 aromatic rings. The van der Waals surface area contributed by atoms with E-state index in [0.29, 0.717) is 18.8 Å². The van der Waals surface area contributed by atoms with Gasteiger partial charge in [-0.25, -0.2) is 0 Å². The molecule has 0 radical (unpaired) electrons. The maximum atomic E-state index is 11.4.